The van der Waals surface area contributed by atoms with Crippen molar-refractivity contribution in [3.05, 3.63) is 61.9 Å². The Morgan fingerprint density at radius 1 is 1.27 bits per heavy atom. The number of carbonyl (C=O) groups is 1. The first kappa shape index (κ1) is 20.6. The van der Waals surface area contributed by atoms with E-state index in [0.29, 0.717) is 37.7 Å². The van der Waals surface area contributed by atoms with Crippen molar-refractivity contribution < 1.29 is 9.32 Å². The van der Waals surface area contributed by atoms with Crippen LogP contribution in [0.2, 0.25) is 5.02 Å². The Morgan fingerprint density at radius 3 is 2.67 bits per heavy atom. The molecule has 30 heavy (non-hydrogen) atoms. The summed E-state index contributed by atoms with van der Waals surface area (Å²) < 4.78 is 6.48. The lowest BCUT2D eigenvalue weighted by Gasteiger charge is -2.12. The third-order valence-electron chi connectivity index (χ3n) is 4.48. The van der Waals surface area contributed by atoms with E-state index in [2.05, 4.69) is 10.5 Å². The monoisotopic (exact) mass is 460 g/mol. The van der Waals surface area contributed by atoms with Gasteiger partial charge in [-0.25, -0.2) is 4.98 Å². The molecule has 0 saturated heterocycles. The second kappa shape index (κ2) is 8.25. The van der Waals surface area contributed by atoms with Crippen molar-refractivity contribution in [1.82, 2.24) is 14.7 Å². The number of halogens is 1. The molecule has 0 bridgehead atoms. The molecule has 0 saturated carbocycles. The minimum absolute atomic E-state index is 0.0563. The third-order valence-corrected chi connectivity index (χ3v) is 6.78. The van der Waals surface area contributed by atoms with Gasteiger partial charge in [-0.3, -0.25) is 14.2 Å². The van der Waals surface area contributed by atoms with Crippen LogP contribution in [0.25, 0.3) is 15.9 Å². The maximum absolute atomic E-state index is 13.4. The predicted octanol–water partition coefficient (Wildman–Crippen LogP) is 4.74. The average molecular weight is 461 g/mol. The van der Waals surface area contributed by atoms with Gasteiger partial charge in [0, 0.05) is 16.0 Å². The lowest BCUT2D eigenvalue weighted by molar-refractivity contribution is -0.113. The average Bonchev–Trinajstić information content (AvgIpc) is 3.23. The number of anilines is 1. The van der Waals surface area contributed by atoms with E-state index in [1.807, 2.05) is 13.8 Å². The Labute approximate surface area is 185 Å². The van der Waals surface area contributed by atoms with Crippen molar-refractivity contribution in [2.75, 3.05) is 11.1 Å². The first-order valence-corrected chi connectivity index (χ1v) is 11.2. The Hall–Kier alpha value is -2.62. The second-order valence-electron chi connectivity index (χ2n) is 6.63. The van der Waals surface area contributed by atoms with Gasteiger partial charge in [0.25, 0.3) is 5.56 Å². The highest BCUT2D eigenvalue weighted by Gasteiger charge is 2.19. The number of fused-ring (bicyclic) bond motifs is 1. The van der Waals surface area contributed by atoms with Gasteiger partial charge in [0.15, 0.2) is 11.0 Å². The van der Waals surface area contributed by atoms with Crippen LogP contribution in [0, 0.1) is 20.8 Å². The molecule has 0 spiro atoms. The van der Waals surface area contributed by atoms with Gasteiger partial charge in [-0.15, -0.1) is 11.3 Å². The number of aromatic nitrogens is 3. The number of thioether (sulfide) groups is 1. The van der Waals surface area contributed by atoms with Gasteiger partial charge >= 0.3 is 0 Å². The molecule has 0 aliphatic heterocycles. The number of nitrogens with one attached hydrogen (secondary N) is 1. The third kappa shape index (κ3) is 4.00. The van der Waals surface area contributed by atoms with Crippen molar-refractivity contribution >= 4 is 56.6 Å². The zero-order chi connectivity index (χ0) is 21.4. The zero-order valence-corrected chi connectivity index (χ0v) is 18.7. The number of amides is 1. The number of rotatable bonds is 5. The summed E-state index contributed by atoms with van der Waals surface area (Å²) in [6.45, 7) is 5.63. The van der Waals surface area contributed by atoms with Crippen molar-refractivity contribution in [1.29, 1.82) is 0 Å². The molecule has 7 nitrogen and oxygen atoms in total. The summed E-state index contributed by atoms with van der Waals surface area (Å²) in [4.78, 5) is 32.1. The smallest absolute Gasteiger partial charge is 0.267 e. The summed E-state index contributed by atoms with van der Waals surface area (Å²) in [7, 11) is 0. The quantitative estimate of drug-likeness (QED) is 0.341. The molecular weight excluding hydrogens is 444 g/mol. The molecule has 3 aromatic heterocycles. The fourth-order valence-electron chi connectivity index (χ4n) is 2.92. The number of hydrogen-bond donors (Lipinski definition) is 1. The molecule has 4 aromatic rings. The van der Waals surface area contributed by atoms with Crippen LogP contribution in [-0.2, 0) is 4.79 Å². The number of thiophene rings is 1. The van der Waals surface area contributed by atoms with Crippen LogP contribution in [0.1, 0.15) is 16.2 Å². The van der Waals surface area contributed by atoms with Crippen molar-refractivity contribution in [3.8, 4) is 5.69 Å². The molecule has 0 aliphatic carbocycles. The van der Waals surface area contributed by atoms with E-state index in [4.69, 9.17) is 21.1 Å². The van der Waals surface area contributed by atoms with Crippen LogP contribution in [0.15, 0.2) is 44.8 Å². The van der Waals surface area contributed by atoms with Crippen LogP contribution in [0.5, 0.6) is 0 Å². The summed E-state index contributed by atoms with van der Waals surface area (Å²) in [5, 5.41) is 8.02. The summed E-state index contributed by atoms with van der Waals surface area (Å²) in [6.07, 6.45) is 0. The molecule has 1 N–H and O–H groups in total. The summed E-state index contributed by atoms with van der Waals surface area (Å²) in [5.74, 6) is 0.732. The fraction of sp³-hybridized carbons (Fsp3) is 0.200. The van der Waals surface area contributed by atoms with E-state index in [1.54, 1.807) is 37.3 Å². The largest absolute Gasteiger partial charge is 0.360 e. The van der Waals surface area contributed by atoms with Crippen LogP contribution < -0.4 is 10.9 Å². The Bertz CT molecular complexity index is 1310. The van der Waals surface area contributed by atoms with Gasteiger partial charge < -0.3 is 9.84 Å². The van der Waals surface area contributed by atoms with Crippen LogP contribution in [-0.4, -0.2) is 26.4 Å². The topological polar surface area (TPSA) is 90.0 Å². The number of nitrogens with zero attached hydrogens (tertiary/aromatic N) is 3. The van der Waals surface area contributed by atoms with E-state index < -0.39 is 0 Å². The van der Waals surface area contributed by atoms with Gasteiger partial charge in [0.05, 0.1) is 16.8 Å². The predicted molar refractivity (Wildman–Crippen MR) is 120 cm³/mol. The number of hydrogen-bond acceptors (Lipinski definition) is 7. The minimum Gasteiger partial charge on any atom is -0.360 e. The Morgan fingerprint density at radius 2 is 2.00 bits per heavy atom. The summed E-state index contributed by atoms with van der Waals surface area (Å²) >= 11 is 8.66. The Balaban J connectivity index is 1.72. The molecule has 10 heteroatoms. The first-order chi connectivity index (χ1) is 14.3. The molecule has 4 rings (SSSR count). The molecule has 0 fully saturated rings. The molecule has 1 amide bonds. The van der Waals surface area contributed by atoms with Gasteiger partial charge in [-0.1, -0.05) is 28.5 Å². The molecule has 1 aromatic carbocycles. The van der Waals surface area contributed by atoms with Gasteiger partial charge in [-0.2, -0.15) is 0 Å². The highest BCUT2D eigenvalue weighted by atomic mass is 35.5. The first-order valence-electron chi connectivity index (χ1n) is 8.98. The van der Waals surface area contributed by atoms with Gasteiger partial charge in [-0.05, 0) is 50.6 Å². The number of aryl methyl sites for hydroxylation is 3. The number of benzene rings is 1. The molecular formula is C20H17ClN4O3S2. The van der Waals surface area contributed by atoms with E-state index in [0.717, 1.165) is 10.4 Å². The molecule has 154 valence electrons. The molecule has 0 atom stereocenters. The highest BCUT2D eigenvalue weighted by molar-refractivity contribution is 7.99. The zero-order valence-electron chi connectivity index (χ0n) is 16.4. The van der Waals surface area contributed by atoms with Crippen molar-refractivity contribution in [3.63, 3.8) is 0 Å². The fourth-order valence-corrected chi connectivity index (χ4v) is 4.93. The summed E-state index contributed by atoms with van der Waals surface area (Å²) in [5.41, 5.74) is 1.39. The summed E-state index contributed by atoms with van der Waals surface area (Å²) in [6, 6.07) is 8.58. The van der Waals surface area contributed by atoms with Gasteiger partial charge in [0.2, 0.25) is 5.91 Å². The lowest BCUT2D eigenvalue weighted by Crippen LogP contribution is -2.22. The van der Waals surface area contributed by atoms with Crippen LogP contribution in [0.3, 0.4) is 0 Å². The second-order valence-corrected chi connectivity index (χ2v) is 9.22. The van der Waals surface area contributed by atoms with E-state index in [1.165, 1.54) is 27.7 Å². The molecule has 3 heterocycles. The molecule has 0 unspecified atom stereocenters. The minimum atomic E-state index is -0.274. The maximum Gasteiger partial charge on any atom is 0.267 e. The SMILES string of the molecule is Cc1cc(NC(=O)CSc2nc3sc(C)c(C)c3c(=O)n2-c2ccc(Cl)cc2)no1. The van der Waals surface area contributed by atoms with Crippen molar-refractivity contribution in [2.24, 2.45) is 0 Å². The number of carbonyl (C=O) groups excluding carboxylic acids is 1. The molecule has 0 aliphatic rings. The van der Waals surface area contributed by atoms with E-state index >= 15 is 0 Å². The maximum atomic E-state index is 13.4. The lowest BCUT2D eigenvalue weighted by atomic mass is 10.2. The normalized spacial score (nSPS) is 11.2. The van der Waals surface area contributed by atoms with E-state index in [-0.39, 0.29) is 17.2 Å². The highest BCUT2D eigenvalue weighted by Crippen LogP contribution is 2.30. The van der Waals surface area contributed by atoms with Gasteiger partial charge in [0.1, 0.15) is 10.6 Å². The standard InChI is InChI=1S/C20H17ClN4O3S2/c1-10-8-15(24-28-10)22-16(26)9-29-20-23-18-17(11(2)12(3)30-18)19(27)25(20)14-6-4-13(21)5-7-14/h4-8H,9H2,1-3H3,(H,22,24,26). The van der Waals surface area contributed by atoms with E-state index in [9.17, 15) is 9.59 Å². The Kier molecular flexibility index (Phi) is 5.68. The molecule has 0 radical (unpaired) electrons. The van der Waals surface area contributed by atoms with Crippen LogP contribution >= 0.6 is 34.7 Å². The van der Waals surface area contributed by atoms with Crippen molar-refractivity contribution in [2.45, 2.75) is 25.9 Å². The van der Waals surface area contributed by atoms with Crippen LogP contribution in [0.4, 0.5) is 5.82 Å².